The molecule has 1 amide bonds. The maximum absolute atomic E-state index is 12.5. The number of nitrogens with zero attached hydrogens (tertiary/aromatic N) is 7. The summed E-state index contributed by atoms with van der Waals surface area (Å²) in [5, 5.41) is 37.4. The number of benzene rings is 1. The second kappa shape index (κ2) is 9.02. The highest BCUT2D eigenvalue weighted by Crippen LogP contribution is 2.37. The van der Waals surface area contributed by atoms with Gasteiger partial charge in [0.1, 0.15) is 18.7 Å². The summed E-state index contributed by atoms with van der Waals surface area (Å²) in [5.74, 6) is -0.0863. The van der Waals surface area contributed by atoms with Gasteiger partial charge in [0, 0.05) is 46.4 Å². The molecule has 10 heteroatoms. The van der Waals surface area contributed by atoms with E-state index in [2.05, 4.69) is 22.3 Å². The largest absolute Gasteiger partial charge is 0.391 e. The highest BCUT2D eigenvalue weighted by Gasteiger charge is 2.24. The molecule has 168 valence electrons. The van der Waals surface area contributed by atoms with Crippen molar-refractivity contribution in [1.82, 2.24) is 24.3 Å². The van der Waals surface area contributed by atoms with Gasteiger partial charge in [0.25, 0.3) is 0 Å². The number of aromatic nitrogens is 4. The van der Waals surface area contributed by atoms with E-state index >= 15 is 0 Å². The number of aliphatic hydroxyl groups excluding tert-OH is 1. The Hall–Kier alpha value is -4.12. The van der Waals surface area contributed by atoms with Crippen molar-refractivity contribution < 1.29 is 9.90 Å². The molecule has 0 radical (unpaired) electrons. The van der Waals surface area contributed by atoms with Gasteiger partial charge in [0.05, 0.1) is 35.1 Å². The monoisotopic (exact) mass is 469 g/mol. The molecule has 4 heterocycles. The second-order valence-electron chi connectivity index (χ2n) is 7.98. The molecule has 1 saturated heterocycles. The quantitative estimate of drug-likeness (QED) is 0.477. The van der Waals surface area contributed by atoms with Crippen LogP contribution in [0.3, 0.4) is 0 Å². The predicted octanol–water partition coefficient (Wildman–Crippen LogP) is 2.69. The molecule has 0 unspecified atom stereocenters. The number of likely N-dealkylation sites (tertiary alicyclic amines) is 1. The Labute approximate surface area is 199 Å². The average molecular weight is 470 g/mol. The number of carbonyl (C=O) groups excluding carboxylic acids is 1. The number of pyridine rings is 1. The van der Waals surface area contributed by atoms with Gasteiger partial charge in [0.15, 0.2) is 0 Å². The molecule has 5 rings (SSSR count). The summed E-state index contributed by atoms with van der Waals surface area (Å²) in [6.45, 7) is 0.997. The number of hydrogen-bond donors (Lipinski definition) is 1. The normalized spacial score (nSPS) is 15.4. The van der Waals surface area contributed by atoms with Crippen molar-refractivity contribution in [3.05, 3.63) is 66.2 Å². The molecule has 1 atom stereocenters. The highest BCUT2D eigenvalue weighted by atomic mass is 32.2. The molecular formula is C24H19N7O2S. The van der Waals surface area contributed by atoms with E-state index in [0.717, 1.165) is 20.9 Å². The van der Waals surface area contributed by atoms with Gasteiger partial charge in [-0.3, -0.25) is 9.48 Å². The first-order valence-corrected chi connectivity index (χ1v) is 11.4. The standard InChI is InChI=1S/C24H19N7O2S/c25-8-16-3-1-2-4-21(16)34-22-7-17(13-31-24(22)18(9-26)10-28-31)19-11-27-30(12-19)15-23(33)29-6-5-20(32)14-29/h1-4,7,10-13,20,32H,5-6,14-15H2/t20-/m1/s1. The maximum Gasteiger partial charge on any atom is 0.244 e. The molecule has 9 nitrogen and oxygen atoms in total. The van der Waals surface area contributed by atoms with Crippen molar-refractivity contribution in [2.75, 3.05) is 13.1 Å². The van der Waals surface area contributed by atoms with Crippen LogP contribution < -0.4 is 0 Å². The van der Waals surface area contributed by atoms with Crippen molar-refractivity contribution in [1.29, 1.82) is 10.5 Å². The van der Waals surface area contributed by atoms with Gasteiger partial charge in [-0.2, -0.15) is 20.7 Å². The summed E-state index contributed by atoms with van der Waals surface area (Å²) in [6, 6.07) is 13.6. The van der Waals surface area contributed by atoms with E-state index in [4.69, 9.17) is 0 Å². The van der Waals surface area contributed by atoms with Crippen molar-refractivity contribution >= 4 is 23.2 Å². The van der Waals surface area contributed by atoms with E-state index < -0.39 is 6.10 Å². The number of nitriles is 2. The summed E-state index contributed by atoms with van der Waals surface area (Å²) in [6.07, 6.45) is 6.94. The topological polar surface area (TPSA) is 123 Å². The lowest BCUT2D eigenvalue weighted by Crippen LogP contribution is -2.32. The fraction of sp³-hybridized carbons (Fsp3) is 0.208. The summed E-state index contributed by atoms with van der Waals surface area (Å²) < 4.78 is 3.23. The van der Waals surface area contributed by atoms with Gasteiger partial charge in [0.2, 0.25) is 5.91 Å². The zero-order valence-corrected chi connectivity index (χ0v) is 18.8. The van der Waals surface area contributed by atoms with Gasteiger partial charge in [-0.15, -0.1) is 0 Å². The third kappa shape index (κ3) is 4.13. The zero-order chi connectivity index (χ0) is 23.7. The van der Waals surface area contributed by atoms with Gasteiger partial charge >= 0.3 is 0 Å². The molecule has 4 aromatic rings. The minimum absolute atomic E-state index is 0.0863. The minimum atomic E-state index is -0.460. The molecule has 1 aromatic carbocycles. The van der Waals surface area contributed by atoms with Crippen LogP contribution in [0.1, 0.15) is 17.5 Å². The van der Waals surface area contributed by atoms with Crippen LogP contribution in [0.15, 0.2) is 64.9 Å². The number of aliphatic hydroxyl groups is 1. The van der Waals surface area contributed by atoms with E-state index in [1.165, 1.54) is 18.0 Å². The Bertz CT molecular complexity index is 1480. The first-order chi connectivity index (χ1) is 16.6. The van der Waals surface area contributed by atoms with Crippen molar-refractivity contribution in [2.45, 2.75) is 28.9 Å². The van der Waals surface area contributed by atoms with Crippen molar-refractivity contribution in [3.63, 3.8) is 0 Å². The Morgan fingerprint density at radius 2 is 1.91 bits per heavy atom. The molecule has 1 aliphatic rings. The van der Waals surface area contributed by atoms with E-state index in [1.54, 1.807) is 32.6 Å². The molecular weight excluding hydrogens is 450 g/mol. The highest BCUT2D eigenvalue weighted by molar-refractivity contribution is 7.99. The lowest BCUT2D eigenvalue weighted by molar-refractivity contribution is -0.131. The summed E-state index contributed by atoms with van der Waals surface area (Å²) >= 11 is 1.40. The van der Waals surface area contributed by atoms with Crippen molar-refractivity contribution in [2.24, 2.45) is 0 Å². The lowest BCUT2D eigenvalue weighted by atomic mass is 10.1. The molecule has 3 aromatic heterocycles. The van der Waals surface area contributed by atoms with Crippen LogP contribution in [0.25, 0.3) is 16.6 Å². The van der Waals surface area contributed by atoms with Crippen LogP contribution in [0.2, 0.25) is 0 Å². The van der Waals surface area contributed by atoms with Crippen LogP contribution in [0.4, 0.5) is 0 Å². The Kier molecular flexibility index (Phi) is 5.76. The smallest absolute Gasteiger partial charge is 0.244 e. The van der Waals surface area contributed by atoms with E-state index in [9.17, 15) is 20.4 Å². The first kappa shape index (κ1) is 21.7. The number of rotatable bonds is 5. The molecule has 1 fully saturated rings. The first-order valence-electron chi connectivity index (χ1n) is 10.6. The van der Waals surface area contributed by atoms with Crippen LogP contribution in [-0.2, 0) is 11.3 Å². The molecule has 0 bridgehead atoms. The van der Waals surface area contributed by atoms with Gasteiger partial charge < -0.3 is 10.0 Å². The van der Waals surface area contributed by atoms with E-state index in [-0.39, 0.29) is 12.5 Å². The van der Waals surface area contributed by atoms with Crippen LogP contribution in [0.5, 0.6) is 0 Å². The molecule has 34 heavy (non-hydrogen) atoms. The van der Waals surface area contributed by atoms with E-state index in [0.29, 0.717) is 36.2 Å². The van der Waals surface area contributed by atoms with Gasteiger partial charge in [-0.1, -0.05) is 23.9 Å². The number of hydrogen-bond acceptors (Lipinski definition) is 7. The van der Waals surface area contributed by atoms with Crippen LogP contribution >= 0.6 is 11.8 Å². The molecule has 1 N–H and O–H groups in total. The van der Waals surface area contributed by atoms with E-state index in [1.807, 2.05) is 30.5 Å². The molecule has 1 aliphatic heterocycles. The lowest BCUT2D eigenvalue weighted by Gasteiger charge is -2.15. The second-order valence-corrected chi connectivity index (χ2v) is 9.06. The Balaban J connectivity index is 1.48. The number of carbonyl (C=O) groups is 1. The molecule has 0 spiro atoms. The number of amides is 1. The average Bonchev–Trinajstić information content (AvgIpc) is 3.59. The minimum Gasteiger partial charge on any atom is -0.391 e. The summed E-state index contributed by atoms with van der Waals surface area (Å²) in [4.78, 5) is 15.7. The fourth-order valence-corrected chi connectivity index (χ4v) is 5.07. The maximum atomic E-state index is 12.5. The predicted molar refractivity (Wildman–Crippen MR) is 124 cm³/mol. The van der Waals surface area contributed by atoms with Crippen molar-refractivity contribution in [3.8, 4) is 23.3 Å². The van der Waals surface area contributed by atoms with Crippen LogP contribution in [0, 0.1) is 22.7 Å². The van der Waals surface area contributed by atoms with Gasteiger partial charge in [-0.25, -0.2) is 4.52 Å². The SMILES string of the molecule is N#Cc1ccccc1Sc1cc(-c2cnn(CC(=O)N3CC[C@@H](O)C3)c2)cn2ncc(C#N)c12. The summed E-state index contributed by atoms with van der Waals surface area (Å²) in [5.41, 5.74) is 3.26. The Morgan fingerprint density at radius 1 is 1.09 bits per heavy atom. The zero-order valence-electron chi connectivity index (χ0n) is 18.0. The number of fused-ring (bicyclic) bond motifs is 1. The van der Waals surface area contributed by atoms with Gasteiger partial charge in [-0.05, 0) is 24.6 Å². The number of β-amino-alcohol motifs (C(OH)–C–C–N with tert-alkyl or cyclic N) is 1. The third-order valence-corrected chi connectivity index (χ3v) is 6.81. The Morgan fingerprint density at radius 3 is 2.68 bits per heavy atom. The van der Waals surface area contributed by atoms with Crippen LogP contribution in [-0.4, -0.2) is 54.5 Å². The summed E-state index contributed by atoms with van der Waals surface area (Å²) in [7, 11) is 0. The molecule has 0 aliphatic carbocycles. The fourth-order valence-electron chi connectivity index (χ4n) is 3.97. The molecule has 0 saturated carbocycles. The third-order valence-electron chi connectivity index (χ3n) is 5.70.